The Balaban J connectivity index is 2.61. The van der Waals surface area contributed by atoms with Crippen LogP contribution in [-0.2, 0) is 4.79 Å². The van der Waals surface area contributed by atoms with Gasteiger partial charge in [-0.3, -0.25) is 0 Å². The maximum Gasteiger partial charge on any atom is 0.326 e. The van der Waals surface area contributed by atoms with Crippen molar-refractivity contribution in [2.45, 2.75) is 25.4 Å². The van der Waals surface area contributed by atoms with E-state index >= 15 is 0 Å². The fourth-order valence-corrected chi connectivity index (χ4v) is 1.64. The summed E-state index contributed by atoms with van der Waals surface area (Å²) in [6.07, 6.45) is 1.53. The standard InChI is InChI=1S/C14H17FN2O3/c1-3-5-12(13(18)19)17-14(20)16-9(2)10-6-4-7-11(15)8-10/h3-4,6-9,12H,1,5H2,2H3,(H,18,19)(H2,16,17,20). The number of benzene rings is 1. The number of nitrogens with one attached hydrogen (secondary N) is 2. The van der Waals surface area contributed by atoms with Crippen LogP contribution in [-0.4, -0.2) is 23.1 Å². The molecule has 6 heteroatoms. The van der Waals surface area contributed by atoms with E-state index in [0.29, 0.717) is 5.56 Å². The molecular weight excluding hydrogens is 263 g/mol. The summed E-state index contributed by atoms with van der Waals surface area (Å²) in [6.45, 7) is 5.11. The van der Waals surface area contributed by atoms with E-state index in [-0.39, 0.29) is 6.42 Å². The molecule has 1 aromatic rings. The Morgan fingerprint density at radius 2 is 2.15 bits per heavy atom. The smallest absolute Gasteiger partial charge is 0.326 e. The number of rotatable bonds is 6. The fraction of sp³-hybridized carbons (Fsp3) is 0.286. The van der Waals surface area contributed by atoms with Gasteiger partial charge in [-0.15, -0.1) is 6.58 Å². The zero-order valence-electron chi connectivity index (χ0n) is 11.1. The van der Waals surface area contributed by atoms with Crippen LogP contribution in [0.5, 0.6) is 0 Å². The molecule has 0 fully saturated rings. The molecule has 2 unspecified atom stereocenters. The van der Waals surface area contributed by atoms with E-state index < -0.39 is 29.9 Å². The fourth-order valence-electron chi connectivity index (χ4n) is 1.64. The molecule has 0 aliphatic carbocycles. The van der Waals surface area contributed by atoms with Crippen molar-refractivity contribution in [3.63, 3.8) is 0 Å². The first-order valence-electron chi connectivity index (χ1n) is 6.10. The normalized spacial score (nSPS) is 13.1. The van der Waals surface area contributed by atoms with Gasteiger partial charge in [0, 0.05) is 0 Å². The summed E-state index contributed by atoms with van der Waals surface area (Å²) in [7, 11) is 0. The molecule has 0 aromatic heterocycles. The highest BCUT2D eigenvalue weighted by molar-refractivity contribution is 5.82. The molecule has 0 spiro atoms. The van der Waals surface area contributed by atoms with Gasteiger partial charge in [0.2, 0.25) is 0 Å². The minimum Gasteiger partial charge on any atom is -0.480 e. The minimum absolute atomic E-state index is 0.122. The third-order valence-electron chi connectivity index (χ3n) is 2.70. The Labute approximate surface area is 116 Å². The lowest BCUT2D eigenvalue weighted by Gasteiger charge is -2.18. The molecule has 0 aliphatic heterocycles. The quantitative estimate of drug-likeness (QED) is 0.699. The van der Waals surface area contributed by atoms with Crippen LogP contribution in [0.3, 0.4) is 0 Å². The van der Waals surface area contributed by atoms with E-state index in [9.17, 15) is 14.0 Å². The van der Waals surface area contributed by atoms with Crippen molar-refractivity contribution in [1.82, 2.24) is 10.6 Å². The SMILES string of the molecule is C=CCC(NC(=O)NC(C)c1cccc(F)c1)C(=O)O. The average molecular weight is 280 g/mol. The lowest BCUT2D eigenvalue weighted by molar-refractivity contribution is -0.139. The topological polar surface area (TPSA) is 78.4 Å². The Bertz CT molecular complexity index is 505. The predicted octanol–water partition coefficient (Wildman–Crippen LogP) is 2.22. The molecule has 0 radical (unpaired) electrons. The summed E-state index contributed by atoms with van der Waals surface area (Å²) in [5.41, 5.74) is 0.593. The number of urea groups is 1. The number of carboxylic acids is 1. The van der Waals surface area contributed by atoms with Crippen LogP contribution in [0.2, 0.25) is 0 Å². The Morgan fingerprint density at radius 1 is 1.45 bits per heavy atom. The molecule has 5 nitrogen and oxygen atoms in total. The first kappa shape index (κ1) is 15.7. The van der Waals surface area contributed by atoms with Crippen molar-refractivity contribution >= 4 is 12.0 Å². The second kappa shape index (κ2) is 7.28. The van der Waals surface area contributed by atoms with Gasteiger partial charge in [-0.2, -0.15) is 0 Å². The molecule has 20 heavy (non-hydrogen) atoms. The minimum atomic E-state index is -1.14. The summed E-state index contributed by atoms with van der Waals surface area (Å²) >= 11 is 0. The summed E-state index contributed by atoms with van der Waals surface area (Å²) in [6, 6.07) is 3.72. The summed E-state index contributed by atoms with van der Waals surface area (Å²) in [4.78, 5) is 22.6. The van der Waals surface area contributed by atoms with E-state index in [0.717, 1.165) is 0 Å². The van der Waals surface area contributed by atoms with Crippen molar-refractivity contribution in [1.29, 1.82) is 0 Å². The van der Waals surface area contributed by atoms with Gasteiger partial charge in [0.15, 0.2) is 0 Å². The molecule has 0 bridgehead atoms. The highest BCUT2D eigenvalue weighted by atomic mass is 19.1. The summed E-state index contributed by atoms with van der Waals surface area (Å²) < 4.78 is 13.1. The third kappa shape index (κ3) is 4.72. The monoisotopic (exact) mass is 280 g/mol. The van der Waals surface area contributed by atoms with Gasteiger partial charge < -0.3 is 15.7 Å². The van der Waals surface area contributed by atoms with Crippen LogP contribution in [0.25, 0.3) is 0 Å². The summed E-state index contributed by atoms with van der Waals surface area (Å²) in [5, 5.41) is 13.8. The second-order valence-corrected chi connectivity index (χ2v) is 4.31. The number of carbonyl (C=O) groups excluding carboxylic acids is 1. The van der Waals surface area contributed by atoms with Gasteiger partial charge in [0.25, 0.3) is 0 Å². The van der Waals surface area contributed by atoms with Crippen molar-refractivity contribution in [2.75, 3.05) is 0 Å². The van der Waals surface area contributed by atoms with Gasteiger partial charge >= 0.3 is 12.0 Å². The molecule has 0 saturated heterocycles. The zero-order chi connectivity index (χ0) is 15.1. The third-order valence-corrected chi connectivity index (χ3v) is 2.70. The van der Waals surface area contributed by atoms with Crippen molar-refractivity contribution < 1.29 is 19.1 Å². The number of hydrogen-bond donors (Lipinski definition) is 3. The number of carbonyl (C=O) groups is 2. The van der Waals surface area contributed by atoms with E-state index in [1.807, 2.05) is 0 Å². The number of halogens is 1. The molecule has 0 heterocycles. The van der Waals surface area contributed by atoms with Crippen molar-refractivity contribution in [3.05, 3.63) is 48.3 Å². The Morgan fingerprint density at radius 3 is 2.70 bits per heavy atom. The first-order valence-corrected chi connectivity index (χ1v) is 6.10. The number of hydrogen-bond acceptors (Lipinski definition) is 2. The molecule has 3 N–H and O–H groups in total. The first-order chi connectivity index (χ1) is 9.43. The lowest BCUT2D eigenvalue weighted by Crippen LogP contribution is -2.46. The van der Waals surface area contributed by atoms with Gasteiger partial charge in [0.05, 0.1) is 6.04 Å². The molecule has 0 saturated carbocycles. The van der Waals surface area contributed by atoms with Gasteiger partial charge in [-0.05, 0) is 31.0 Å². The van der Waals surface area contributed by atoms with Gasteiger partial charge in [0.1, 0.15) is 11.9 Å². The van der Waals surface area contributed by atoms with Crippen molar-refractivity contribution in [2.24, 2.45) is 0 Å². The lowest BCUT2D eigenvalue weighted by atomic mass is 10.1. The number of amides is 2. The van der Waals surface area contributed by atoms with Gasteiger partial charge in [-0.25, -0.2) is 14.0 Å². The average Bonchev–Trinajstić information content (AvgIpc) is 2.38. The van der Waals surface area contributed by atoms with E-state index in [1.165, 1.54) is 18.2 Å². The maximum atomic E-state index is 13.1. The summed E-state index contributed by atoms with van der Waals surface area (Å²) in [5.74, 6) is -1.54. The molecule has 1 rings (SSSR count). The molecule has 2 amide bonds. The van der Waals surface area contributed by atoms with E-state index in [4.69, 9.17) is 5.11 Å². The van der Waals surface area contributed by atoms with Crippen LogP contribution in [0, 0.1) is 5.82 Å². The van der Waals surface area contributed by atoms with Crippen LogP contribution in [0.1, 0.15) is 24.9 Å². The zero-order valence-corrected chi connectivity index (χ0v) is 11.1. The molecule has 108 valence electrons. The maximum absolute atomic E-state index is 13.1. The van der Waals surface area contributed by atoms with E-state index in [1.54, 1.807) is 19.1 Å². The molecule has 0 aliphatic rings. The predicted molar refractivity (Wildman–Crippen MR) is 72.7 cm³/mol. The molecular formula is C14H17FN2O3. The Kier molecular flexibility index (Phi) is 5.71. The van der Waals surface area contributed by atoms with E-state index in [2.05, 4.69) is 17.2 Å². The van der Waals surface area contributed by atoms with Crippen LogP contribution < -0.4 is 10.6 Å². The molecule has 1 aromatic carbocycles. The largest absolute Gasteiger partial charge is 0.480 e. The highest BCUT2D eigenvalue weighted by Gasteiger charge is 2.19. The van der Waals surface area contributed by atoms with Crippen LogP contribution in [0.4, 0.5) is 9.18 Å². The Hall–Kier alpha value is -2.37. The number of aliphatic carboxylic acids is 1. The number of carboxylic acid groups (broad SMARTS) is 1. The molecule has 2 atom stereocenters. The van der Waals surface area contributed by atoms with Crippen LogP contribution in [0.15, 0.2) is 36.9 Å². The van der Waals surface area contributed by atoms with Crippen LogP contribution >= 0.6 is 0 Å². The second-order valence-electron chi connectivity index (χ2n) is 4.31. The van der Waals surface area contributed by atoms with Crippen molar-refractivity contribution in [3.8, 4) is 0 Å². The van der Waals surface area contributed by atoms with Gasteiger partial charge in [-0.1, -0.05) is 18.2 Å². The highest BCUT2D eigenvalue weighted by Crippen LogP contribution is 2.13.